The smallest absolute Gasteiger partial charge is 0.288 e. The third-order valence-electron chi connectivity index (χ3n) is 6.06. The van der Waals surface area contributed by atoms with Crippen LogP contribution in [-0.2, 0) is 14.3 Å². The van der Waals surface area contributed by atoms with Crippen LogP contribution in [0.25, 0.3) is 0 Å². The predicted molar refractivity (Wildman–Crippen MR) is 107 cm³/mol. The van der Waals surface area contributed by atoms with E-state index in [9.17, 15) is 9.90 Å². The maximum Gasteiger partial charge on any atom is 0.288 e. The van der Waals surface area contributed by atoms with Gasteiger partial charge >= 0.3 is 0 Å². The van der Waals surface area contributed by atoms with Gasteiger partial charge in [0.25, 0.3) is 5.91 Å². The molecule has 0 radical (unpaired) electrons. The van der Waals surface area contributed by atoms with Crippen molar-refractivity contribution in [3.05, 3.63) is 11.8 Å². The molecule has 1 N–H and O–H groups in total. The first-order valence-corrected chi connectivity index (χ1v) is 10.7. The van der Waals surface area contributed by atoms with Crippen molar-refractivity contribution >= 4 is 5.91 Å². The Hall–Kier alpha value is -1.07. The van der Waals surface area contributed by atoms with Crippen molar-refractivity contribution in [1.82, 2.24) is 4.90 Å². The third kappa shape index (κ3) is 5.71. The quantitative estimate of drug-likeness (QED) is 0.721. The number of carbonyl (C=O) groups is 1. The van der Waals surface area contributed by atoms with Crippen LogP contribution in [0.3, 0.4) is 0 Å². The van der Waals surface area contributed by atoms with Gasteiger partial charge in [-0.15, -0.1) is 0 Å². The highest BCUT2D eigenvalue weighted by atomic mass is 16.7. The maximum absolute atomic E-state index is 13.2. The topological polar surface area (TPSA) is 59.0 Å². The van der Waals surface area contributed by atoms with Crippen LogP contribution in [-0.4, -0.2) is 48.5 Å². The number of nitrogens with zero attached hydrogens (tertiary/aromatic N) is 1. The minimum Gasteiger partial charge on any atom is -0.459 e. The summed E-state index contributed by atoms with van der Waals surface area (Å²) in [4.78, 5) is 15.1. The summed E-state index contributed by atoms with van der Waals surface area (Å²) < 4.78 is 12.0. The molecule has 0 aromatic carbocycles. The molecule has 27 heavy (non-hydrogen) atoms. The fourth-order valence-electron chi connectivity index (χ4n) is 4.49. The van der Waals surface area contributed by atoms with E-state index >= 15 is 0 Å². The molecule has 0 unspecified atom stereocenters. The maximum atomic E-state index is 13.2. The number of ether oxygens (including phenoxy) is 2. The van der Waals surface area contributed by atoms with Crippen LogP contribution in [0.2, 0.25) is 0 Å². The van der Waals surface area contributed by atoms with E-state index in [1.54, 1.807) is 0 Å². The Balaban J connectivity index is 2.25. The van der Waals surface area contributed by atoms with Crippen molar-refractivity contribution in [2.75, 3.05) is 20.3 Å². The number of aliphatic hydroxyl groups is 1. The van der Waals surface area contributed by atoms with Gasteiger partial charge in [-0.1, -0.05) is 40.0 Å². The first-order valence-electron chi connectivity index (χ1n) is 10.7. The third-order valence-corrected chi connectivity index (χ3v) is 6.06. The Morgan fingerprint density at radius 3 is 2.52 bits per heavy atom. The van der Waals surface area contributed by atoms with Crippen LogP contribution in [0.15, 0.2) is 11.8 Å². The molecule has 2 aliphatic rings. The molecule has 1 amide bonds. The Morgan fingerprint density at radius 1 is 1.30 bits per heavy atom. The molecule has 0 saturated heterocycles. The summed E-state index contributed by atoms with van der Waals surface area (Å²) in [6.07, 6.45) is 8.92. The van der Waals surface area contributed by atoms with Gasteiger partial charge < -0.3 is 19.5 Å². The molecule has 1 aliphatic heterocycles. The minimum atomic E-state index is -0.436. The zero-order chi connectivity index (χ0) is 20.0. The average molecular weight is 382 g/mol. The highest BCUT2D eigenvalue weighted by Crippen LogP contribution is 2.43. The Bertz CT molecular complexity index is 505. The van der Waals surface area contributed by atoms with Crippen LogP contribution in [0.1, 0.15) is 72.6 Å². The largest absolute Gasteiger partial charge is 0.459 e. The summed E-state index contributed by atoms with van der Waals surface area (Å²) in [7, 11) is 1.90. The zero-order valence-corrected chi connectivity index (χ0v) is 17.9. The lowest BCUT2D eigenvalue weighted by molar-refractivity contribution is -0.182. The first-order chi connectivity index (χ1) is 12.8. The Morgan fingerprint density at radius 2 is 1.96 bits per heavy atom. The van der Waals surface area contributed by atoms with Gasteiger partial charge in [0.2, 0.25) is 6.29 Å². The lowest BCUT2D eigenvalue weighted by Crippen LogP contribution is -2.45. The average Bonchev–Trinajstić information content (AvgIpc) is 2.65. The summed E-state index contributed by atoms with van der Waals surface area (Å²) in [5, 5.41) is 9.30. The molecule has 1 saturated carbocycles. The summed E-state index contributed by atoms with van der Waals surface area (Å²) in [6.45, 7) is 9.24. The van der Waals surface area contributed by atoms with Gasteiger partial charge in [-0.05, 0) is 50.0 Å². The van der Waals surface area contributed by atoms with Gasteiger partial charge in [-0.25, -0.2) is 0 Å². The number of carbonyl (C=O) groups excluding carboxylic acids is 1. The lowest BCUT2D eigenvalue weighted by atomic mass is 9.70. The van der Waals surface area contributed by atoms with Crippen molar-refractivity contribution in [2.45, 2.75) is 85.0 Å². The van der Waals surface area contributed by atoms with Crippen molar-refractivity contribution in [3.8, 4) is 0 Å². The fourth-order valence-corrected chi connectivity index (χ4v) is 4.49. The van der Waals surface area contributed by atoms with Crippen LogP contribution < -0.4 is 0 Å². The Labute approximate surface area is 165 Å². The second kappa shape index (κ2) is 9.92. The van der Waals surface area contributed by atoms with Crippen LogP contribution in [0.5, 0.6) is 0 Å². The lowest BCUT2D eigenvalue weighted by Gasteiger charge is -2.43. The highest BCUT2D eigenvalue weighted by Gasteiger charge is 2.42. The molecule has 1 fully saturated rings. The highest BCUT2D eigenvalue weighted by molar-refractivity contribution is 5.91. The van der Waals surface area contributed by atoms with E-state index in [4.69, 9.17) is 9.47 Å². The van der Waals surface area contributed by atoms with Crippen molar-refractivity contribution < 1.29 is 19.4 Å². The minimum absolute atomic E-state index is 0.0196. The van der Waals surface area contributed by atoms with Gasteiger partial charge in [0.1, 0.15) is 0 Å². The molecule has 0 spiro atoms. The van der Waals surface area contributed by atoms with Gasteiger partial charge in [0.05, 0.1) is 0 Å². The van der Waals surface area contributed by atoms with Crippen LogP contribution >= 0.6 is 0 Å². The first kappa shape index (κ1) is 22.2. The van der Waals surface area contributed by atoms with E-state index in [1.807, 2.05) is 24.9 Å². The number of hydrogen-bond acceptors (Lipinski definition) is 4. The molecule has 1 heterocycles. The SMILES string of the molecule is CCO[C@@H]1OC(C(=O)N(C)C2CCCCC2)=C[C@H](C(C)(C)C)[C@H]1CCCO. The Kier molecular flexibility index (Phi) is 8.17. The molecule has 5 heteroatoms. The number of allylic oxidation sites excluding steroid dienone is 1. The molecule has 0 aromatic rings. The second-order valence-corrected chi connectivity index (χ2v) is 9.10. The normalized spacial score (nSPS) is 27.0. The second-order valence-electron chi connectivity index (χ2n) is 9.10. The monoisotopic (exact) mass is 381 g/mol. The summed E-state index contributed by atoms with van der Waals surface area (Å²) in [5.41, 5.74) is -0.0196. The van der Waals surface area contributed by atoms with Gasteiger partial charge in [0.15, 0.2) is 5.76 Å². The van der Waals surface area contributed by atoms with E-state index in [1.165, 1.54) is 19.3 Å². The van der Waals surface area contributed by atoms with E-state index in [-0.39, 0.29) is 29.8 Å². The molecule has 5 nitrogen and oxygen atoms in total. The number of hydrogen-bond donors (Lipinski definition) is 1. The molecule has 0 bridgehead atoms. The van der Waals surface area contributed by atoms with Crippen molar-refractivity contribution in [1.29, 1.82) is 0 Å². The standard InChI is InChI=1S/C22H39NO4/c1-6-26-21-17(13-10-14-24)18(22(2,3)4)15-19(27-21)20(25)23(5)16-11-8-7-9-12-16/h15-18,21,24H,6-14H2,1-5H3/t17-,18+,21-/m1/s1. The van der Waals surface area contributed by atoms with Gasteiger partial charge in [-0.3, -0.25) is 4.79 Å². The summed E-state index contributed by atoms with van der Waals surface area (Å²) in [6, 6.07) is 0.307. The number of aliphatic hydroxyl groups excluding tert-OH is 1. The molecule has 156 valence electrons. The van der Waals surface area contributed by atoms with Crippen LogP contribution in [0.4, 0.5) is 0 Å². The van der Waals surface area contributed by atoms with E-state index < -0.39 is 6.29 Å². The molecule has 1 aliphatic carbocycles. The van der Waals surface area contributed by atoms with Crippen molar-refractivity contribution in [3.63, 3.8) is 0 Å². The summed E-state index contributed by atoms with van der Waals surface area (Å²) >= 11 is 0. The van der Waals surface area contributed by atoms with Crippen LogP contribution in [0, 0.1) is 17.3 Å². The summed E-state index contributed by atoms with van der Waals surface area (Å²) in [5.74, 6) is 0.699. The predicted octanol–water partition coefficient (Wildman–Crippen LogP) is 4.11. The van der Waals surface area contributed by atoms with E-state index in [0.717, 1.165) is 19.3 Å². The van der Waals surface area contributed by atoms with Crippen molar-refractivity contribution in [2.24, 2.45) is 17.3 Å². The molecular formula is C22H39NO4. The van der Waals surface area contributed by atoms with E-state index in [2.05, 4.69) is 20.8 Å². The number of likely N-dealkylation sites (N-methyl/N-ethyl adjacent to an activating group) is 1. The molecular weight excluding hydrogens is 342 g/mol. The molecule has 0 aromatic heterocycles. The number of rotatable bonds is 7. The fraction of sp³-hybridized carbons (Fsp3) is 0.864. The van der Waals surface area contributed by atoms with Gasteiger partial charge in [-0.2, -0.15) is 0 Å². The zero-order valence-electron chi connectivity index (χ0n) is 17.9. The van der Waals surface area contributed by atoms with E-state index in [0.29, 0.717) is 24.8 Å². The molecule has 2 rings (SSSR count). The molecule has 3 atom stereocenters. The number of amides is 1. The van der Waals surface area contributed by atoms with Gasteiger partial charge in [0, 0.05) is 32.2 Å².